The highest BCUT2D eigenvalue weighted by Gasteiger charge is 2.17. The van der Waals surface area contributed by atoms with Crippen molar-refractivity contribution in [3.8, 4) is 5.82 Å². The Kier molecular flexibility index (Phi) is 2.31. The van der Waals surface area contributed by atoms with Crippen molar-refractivity contribution >= 4 is 11.6 Å². The first kappa shape index (κ1) is 9.91. The number of H-pyrrole nitrogens is 1. The first-order valence-corrected chi connectivity index (χ1v) is 4.75. The van der Waals surface area contributed by atoms with Gasteiger partial charge in [-0.1, -0.05) is 18.5 Å². The molecule has 0 bridgehead atoms. The molecule has 0 saturated heterocycles. The fourth-order valence-corrected chi connectivity index (χ4v) is 1.71. The number of aromatic nitrogens is 6. The zero-order valence-corrected chi connectivity index (χ0v) is 8.99. The van der Waals surface area contributed by atoms with Gasteiger partial charge in [-0.3, -0.25) is 0 Å². The number of halogens is 1. The van der Waals surface area contributed by atoms with Crippen LogP contribution in [0, 0.1) is 0 Å². The average molecular weight is 229 g/mol. The fraction of sp³-hybridized carbons (Fsp3) is 0.429. The van der Waals surface area contributed by atoms with E-state index in [0.29, 0.717) is 17.3 Å². The molecule has 0 amide bonds. The molecule has 2 aromatic heterocycles. The lowest BCUT2D eigenvalue weighted by Gasteiger charge is -1.97. The molecular formula is C7H9ClN6O. The second-order valence-electron chi connectivity index (χ2n) is 2.98. The minimum atomic E-state index is -0.442. The highest BCUT2D eigenvalue weighted by molar-refractivity contribution is 6.32. The van der Waals surface area contributed by atoms with Crippen LogP contribution in [0.25, 0.3) is 5.82 Å². The van der Waals surface area contributed by atoms with Gasteiger partial charge in [-0.25, -0.2) is 14.6 Å². The third-order valence-electron chi connectivity index (χ3n) is 2.03. The number of hydrogen-bond acceptors (Lipinski definition) is 4. The normalized spacial score (nSPS) is 10.9. The van der Waals surface area contributed by atoms with Crippen LogP contribution >= 0.6 is 11.6 Å². The molecule has 2 aromatic rings. The van der Waals surface area contributed by atoms with Gasteiger partial charge in [0.15, 0.2) is 5.82 Å². The van der Waals surface area contributed by atoms with Crippen molar-refractivity contribution < 1.29 is 0 Å². The van der Waals surface area contributed by atoms with E-state index in [1.165, 1.54) is 4.68 Å². The van der Waals surface area contributed by atoms with Crippen molar-refractivity contribution in [2.45, 2.75) is 13.3 Å². The van der Waals surface area contributed by atoms with Crippen molar-refractivity contribution in [3.63, 3.8) is 0 Å². The highest BCUT2D eigenvalue weighted by atomic mass is 35.5. The molecule has 2 rings (SSSR count). The van der Waals surface area contributed by atoms with Crippen LogP contribution in [0.2, 0.25) is 5.02 Å². The molecule has 1 N–H and O–H groups in total. The van der Waals surface area contributed by atoms with E-state index in [2.05, 4.69) is 20.6 Å². The van der Waals surface area contributed by atoms with Gasteiger partial charge in [0.25, 0.3) is 0 Å². The Morgan fingerprint density at radius 3 is 2.73 bits per heavy atom. The van der Waals surface area contributed by atoms with Crippen molar-refractivity contribution in [2.24, 2.45) is 7.05 Å². The van der Waals surface area contributed by atoms with E-state index in [9.17, 15) is 4.79 Å². The molecular weight excluding hydrogens is 220 g/mol. The first-order chi connectivity index (χ1) is 7.15. The summed E-state index contributed by atoms with van der Waals surface area (Å²) in [5, 5.41) is 13.8. The van der Waals surface area contributed by atoms with Crippen molar-refractivity contribution in [2.75, 3.05) is 0 Å². The number of tetrazole rings is 1. The number of nitrogens with zero attached hydrogens (tertiary/aromatic N) is 5. The number of nitrogens with one attached hydrogen (secondary N) is 1. The fourth-order valence-electron chi connectivity index (χ4n) is 1.34. The van der Waals surface area contributed by atoms with Crippen molar-refractivity contribution in [1.29, 1.82) is 0 Å². The van der Waals surface area contributed by atoms with E-state index in [1.54, 1.807) is 7.05 Å². The Bertz CT molecular complexity index is 538. The number of hydrogen-bond donors (Lipinski definition) is 1. The Morgan fingerprint density at radius 2 is 2.27 bits per heavy atom. The largest absolute Gasteiger partial charge is 0.367 e. The van der Waals surface area contributed by atoms with Crippen molar-refractivity contribution in [3.05, 3.63) is 21.2 Å². The maximum absolute atomic E-state index is 11.3. The van der Waals surface area contributed by atoms with Crippen LogP contribution in [0.4, 0.5) is 0 Å². The third-order valence-corrected chi connectivity index (χ3v) is 2.42. The summed E-state index contributed by atoms with van der Waals surface area (Å²) in [5.74, 6) is 0.423. The summed E-state index contributed by atoms with van der Waals surface area (Å²) >= 11 is 6.07. The summed E-state index contributed by atoms with van der Waals surface area (Å²) in [5.41, 5.74) is 0.284. The van der Waals surface area contributed by atoms with Crippen LogP contribution in [0.15, 0.2) is 4.79 Å². The molecule has 0 spiro atoms. The maximum atomic E-state index is 11.3. The summed E-state index contributed by atoms with van der Waals surface area (Å²) in [6, 6.07) is 0. The molecule has 2 heterocycles. The van der Waals surface area contributed by atoms with Gasteiger partial charge in [0.2, 0.25) is 0 Å². The Morgan fingerprint density at radius 1 is 1.53 bits per heavy atom. The van der Waals surface area contributed by atoms with Crippen LogP contribution in [-0.4, -0.2) is 30.0 Å². The Labute approximate surface area is 89.6 Å². The summed E-state index contributed by atoms with van der Waals surface area (Å²) in [6.45, 7) is 1.93. The van der Waals surface area contributed by atoms with Crippen molar-refractivity contribution in [1.82, 2.24) is 30.0 Å². The molecule has 15 heavy (non-hydrogen) atoms. The van der Waals surface area contributed by atoms with Gasteiger partial charge in [0, 0.05) is 7.05 Å². The van der Waals surface area contributed by atoms with Crippen LogP contribution < -0.4 is 5.69 Å². The molecule has 8 heteroatoms. The predicted octanol–water partition coefficient (Wildman–Crippen LogP) is -0.0951. The third kappa shape index (κ3) is 1.44. The summed E-state index contributed by atoms with van der Waals surface area (Å²) in [6.07, 6.45) is 0.694. The van der Waals surface area contributed by atoms with E-state index in [1.807, 2.05) is 6.92 Å². The molecule has 0 atom stereocenters. The van der Waals surface area contributed by atoms with Gasteiger partial charge in [-0.15, -0.1) is 4.68 Å². The van der Waals surface area contributed by atoms with Gasteiger partial charge in [0.1, 0.15) is 5.02 Å². The monoisotopic (exact) mass is 228 g/mol. The van der Waals surface area contributed by atoms with E-state index >= 15 is 0 Å². The number of aromatic amines is 1. The molecule has 0 saturated carbocycles. The van der Waals surface area contributed by atoms with Gasteiger partial charge in [0.05, 0.1) is 5.69 Å². The summed E-state index contributed by atoms with van der Waals surface area (Å²) < 4.78 is 2.58. The molecule has 0 aromatic carbocycles. The minimum absolute atomic E-state index is 0.423. The summed E-state index contributed by atoms with van der Waals surface area (Å²) in [4.78, 5) is 11.3. The molecule has 80 valence electrons. The Balaban J connectivity index is 2.68. The molecule has 0 unspecified atom stereocenters. The van der Waals surface area contributed by atoms with E-state index in [4.69, 9.17) is 11.6 Å². The maximum Gasteiger partial charge on any atom is 0.367 e. The van der Waals surface area contributed by atoms with Gasteiger partial charge < -0.3 is 0 Å². The minimum Gasteiger partial charge on any atom is -0.249 e. The quantitative estimate of drug-likeness (QED) is 0.779. The van der Waals surface area contributed by atoms with Gasteiger partial charge in [-0.05, 0) is 16.8 Å². The first-order valence-electron chi connectivity index (χ1n) is 4.37. The lowest BCUT2D eigenvalue weighted by Crippen LogP contribution is -2.19. The van der Waals surface area contributed by atoms with Crippen LogP contribution in [-0.2, 0) is 13.5 Å². The highest BCUT2D eigenvalue weighted by Crippen LogP contribution is 2.22. The smallest absolute Gasteiger partial charge is 0.249 e. The van der Waals surface area contributed by atoms with Crippen LogP contribution in [0.5, 0.6) is 0 Å². The van der Waals surface area contributed by atoms with Crippen LogP contribution in [0.3, 0.4) is 0 Å². The number of rotatable bonds is 2. The van der Waals surface area contributed by atoms with E-state index < -0.39 is 5.69 Å². The molecule has 0 aliphatic rings. The molecule has 0 aliphatic heterocycles. The van der Waals surface area contributed by atoms with Gasteiger partial charge >= 0.3 is 5.69 Å². The molecule has 0 fully saturated rings. The SMILES string of the molecule is CCc1nn(C)c(-n2nn[nH]c2=O)c1Cl. The molecule has 7 nitrogen and oxygen atoms in total. The standard InChI is InChI=1S/C7H9ClN6O/c1-3-4-5(8)6(13(2)10-4)14-7(15)9-11-12-14/h3H2,1-2H3,(H,9,12,15). The van der Waals surface area contributed by atoms with Gasteiger partial charge in [-0.2, -0.15) is 5.10 Å². The molecule has 0 radical (unpaired) electrons. The molecule has 0 aliphatic carbocycles. The van der Waals surface area contributed by atoms with E-state index in [-0.39, 0.29) is 0 Å². The topological polar surface area (TPSA) is 81.4 Å². The lowest BCUT2D eigenvalue weighted by molar-refractivity contribution is 0.666. The second kappa shape index (κ2) is 3.50. The zero-order valence-electron chi connectivity index (χ0n) is 8.23. The zero-order chi connectivity index (χ0) is 11.0. The van der Waals surface area contributed by atoms with E-state index in [0.717, 1.165) is 10.4 Å². The number of aryl methyl sites for hydroxylation is 2. The van der Waals surface area contributed by atoms with Crippen LogP contribution in [0.1, 0.15) is 12.6 Å². The average Bonchev–Trinajstić information content (AvgIpc) is 2.71. The lowest BCUT2D eigenvalue weighted by atomic mass is 10.3. The Hall–Kier alpha value is -1.63. The predicted molar refractivity (Wildman–Crippen MR) is 53.1 cm³/mol. The second-order valence-corrected chi connectivity index (χ2v) is 3.36. The summed E-state index contributed by atoms with van der Waals surface area (Å²) in [7, 11) is 1.70.